The van der Waals surface area contributed by atoms with E-state index in [2.05, 4.69) is 11.9 Å². The topological polar surface area (TPSA) is 58.6 Å². The summed E-state index contributed by atoms with van der Waals surface area (Å²) in [5, 5.41) is 13.9. The Morgan fingerprint density at radius 3 is 2.93 bits per heavy atom. The Hall–Kier alpha value is -1.71. The number of rotatable bonds is 9. The van der Waals surface area contributed by atoms with Crippen LogP contribution >= 0.6 is 19.8 Å². The molecule has 1 heterocycles. The van der Waals surface area contributed by atoms with Crippen LogP contribution in [0.3, 0.4) is 0 Å². The van der Waals surface area contributed by atoms with E-state index in [9.17, 15) is 18.7 Å². The van der Waals surface area contributed by atoms with Crippen molar-refractivity contribution in [3.63, 3.8) is 0 Å². The van der Waals surface area contributed by atoms with Crippen molar-refractivity contribution < 1.29 is 23.4 Å². The van der Waals surface area contributed by atoms with Crippen LogP contribution in [0, 0.1) is 18.7 Å². The van der Waals surface area contributed by atoms with E-state index in [1.165, 1.54) is 6.07 Å². The third-order valence-corrected chi connectivity index (χ3v) is 10.9. The Balaban J connectivity index is 1.68. The van der Waals surface area contributed by atoms with Crippen molar-refractivity contribution in [3.8, 4) is 5.75 Å². The zero-order chi connectivity index (χ0) is 21.2. The number of hydrogen-bond donors (Lipinski definition) is 2. The van der Waals surface area contributed by atoms with Gasteiger partial charge in [0.1, 0.15) is 0 Å². The second kappa shape index (κ2) is 8.97. The zero-order valence-electron chi connectivity index (χ0n) is 16.5. The van der Waals surface area contributed by atoms with Gasteiger partial charge in [0, 0.05) is 0 Å². The second-order valence-electron chi connectivity index (χ2n) is 7.22. The molecular formula is C22H25F2INO3-. The monoisotopic (exact) mass is 516 g/mol. The fourth-order valence-corrected chi connectivity index (χ4v) is 9.31. The molecule has 158 valence electrons. The molecule has 1 aromatic rings. The SMILES string of the molecule is C=C1C=C[C-](C2CI2C(=O)[C@](O)(CNC)COc2ccc(C)c(F)c2)C=C1CF. The van der Waals surface area contributed by atoms with Gasteiger partial charge in [0.05, 0.1) is 0 Å². The number of carbonyl (C=O) groups excluding carboxylic acids is 1. The van der Waals surface area contributed by atoms with Gasteiger partial charge >= 0.3 is 177 Å². The summed E-state index contributed by atoms with van der Waals surface area (Å²) in [6.07, 6.45) is 5.44. The molecule has 1 unspecified atom stereocenters. The molecule has 1 aliphatic carbocycles. The molecule has 7 heteroatoms. The fourth-order valence-electron chi connectivity index (χ4n) is 3.07. The average Bonchev–Trinajstić information content (AvgIpc) is 3.49. The maximum atomic E-state index is 13.7. The average molecular weight is 516 g/mol. The Bertz CT molecular complexity index is 870. The van der Waals surface area contributed by atoms with Gasteiger partial charge in [0.25, 0.3) is 0 Å². The predicted octanol–water partition coefficient (Wildman–Crippen LogP) is 3.48. The van der Waals surface area contributed by atoms with Crippen LogP contribution in [0.2, 0.25) is 0 Å². The van der Waals surface area contributed by atoms with Crippen molar-refractivity contribution >= 4 is 23.6 Å². The molecule has 0 spiro atoms. The van der Waals surface area contributed by atoms with Crippen molar-refractivity contribution in [2.45, 2.75) is 16.4 Å². The van der Waals surface area contributed by atoms with Gasteiger partial charge in [0.2, 0.25) is 0 Å². The maximum absolute atomic E-state index is 13.7. The van der Waals surface area contributed by atoms with E-state index >= 15 is 0 Å². The van der Waals surface area contributed by atoms with E-state index in [-0.39, 0.29) is 26.6 Å². The number of aryl methyl sites for hydroxylation is 1. The van der Waals surface area contributed by atoms with Crippen molar-refractivity contribution in [2.75, 3.05) is 31.3 Å². The summed E-state index contributed by atoms with van der Waals surface area (Å²) in [5.74, 6) is 0.809. The van der Waals surface area contributed by atoms with E-state index in [0.717, 1.165) is 10.3 Å². The molecular weight excluding hydrogens is 491 g/mol. The van der Waals surface area contributed by atoms with Gasteiger partial charge in [0.15, 0.2) is 0 Å². The molecule has 0 amide bonds. The summed E-state index contributed by atoms with van der Waals surface area (Å²) >= 11 is -2.13. The van der Waals surface area contributed by atoms with Gasteiger partial charge in [-0.15, -0.1) is 0 Å². The van der Waals surface area contributed by atoms with Gasteiger partial charge < -0.3 is 0 Å². The first kappa shape index (κ1) is 22.0. The normalized spacial score (nSPS) is 21.6. The summed E-state index contributed by atoms with van der Waals surface area (Å²) < 4.78 is 33.1. The molecule has 29 heavy (non-hydrogen) atoms. The molecule has 1 aromatic carbocycles. The van der Waals surface area contributed by atoms with Crippen LogP contribution in [-0.2, 0) is 4.79 Å². The molecule has 2 aliphatic rings. The third kappa shape index (κ3) is 4.90. The number of carbonyl (C=O) groups is 1. The van der Waals surface area contributed by atoms with Gasteiger partial charge in [-0.1, -0.05) is 0 Å². The van der Waals surface area contributed by atoms with Crippen molar-refractivity contribution in [1.29, 1.82) is 0 Å². The molecule has 2 atom stereocenters. The Labute approximate surface area is 177 Å². The number of likely N-dealkylation sites (N-methyl/N-ethyl adjacent to an activating group) is 1. The zero-order valence-corrected chi connectivity index (χ0v) is 18.6. The number of nitrogens with one attached hydrogen (secondary N) is 1. The van der Waals surface area contributed by atoms with Crippen LogP contribution in [0.4, 0.5) is 8.78 Å². The Morgan fingerprint density at radius 1 is 1.52 bits per heavy atom. The molecule has 4 nitrogen and oxygen atoms in total. The Kier molecular flexibility index (Phi) is 6.80. The quantitative estimate of drug-likeness (QED) is 0.229. The molecule has 0 radical (unpaired) electrons. The van der Waals surface area contributed by atoms with Gasteiger partial charge in [-0.2, -0.15) is 0 Å². The van der Waals surface area contributed by atoms with E-state index in [4.69, 9.17) is 4.74 Å². The molecule has 1 aliphatic heterocycles. The molecule has 1 saturated heterocycles. The number of aliphatic hydroxyl groups is 1. The van der Waals surface area contributed by atoms with Crippen LogP contribution in [0.1, 0.15) is 5.56 Å². The van der Waals surface area contributed by atoms with Gasteiger partial charge in [-0.3, -0.25) is 0 Å². The van der Waals surface area contributed by atoms with E-state index < -0.39 is 37.9 Å². The molecule has 0 bridgehead atoms. The van der Waals surface area contributed by atoms with Gasteiger partial charge in [-0.25, -0.2) is 0 Å². The molecule has 0 saturated carbocycles. The van der Waals surface area contributed by atoms with Crippen molar-refractivity contribution in [1.82, 2.24) is 5.32 Å². The number of allylic oxidation sites excluding steroid dienone is 5. The minimum atomic E-state index is -2.13. The predicted molar refractivity (Wildman–Crippen MR) is 119 cm³/mol. The number of hydrogen-bond acceptors (Lipinski definition) is 4. The van der Waals surface area contributed by atoms with Crippen LogP contribution in [-0.4, -0.2) is 49.7 Å². The van der Waals surface area contributed by atoms with Crippen LogP contribution in [0.5, 0.6) is 5.75 Å². The Morgan fingerprint density at radius 2 is 2.28 bits per heavy atom. The third-order valence-electron chi connectivity index (χ3n) is 4.93. The summed E-state index contributed by atoms with van der Waals surface area (Å²) in [6.45, 7) is 4.67. The van der Waals surface area contributed by atoms with Gasteiger partial charge in [-0.05, 0) is 0 Å². The first-order valence-electron chi connectivity index (χ1n) is 9.24. The number of alkyl halides is 3. The van der Waals surface area contributed by atoms with Crippen LogP contribution in [0.25, 0.3) is 0 Å². The summed E-state index contributed by atoms with van der Waals surface area (Å²) in [4.78, 5) is 13.1. The summed E-state index contributed by atoms with van der Waals surface area (Å²) in [5.41, 5.74) is 0.00107. The molecule has 3 rings (SSSR count). The minimum absolute atomic E-state index is 0.0500. The second-order valence-corrected chi connectivity index (χ2v) is 12.8. The standard InChI is InChI=1S/C22H25F2INO3/c1-14-4-6-16(8-17(14)10-23)20-11-25(20)21(27)22(28,12-26-3)13-29-18-7-5-15(2)19(24)9-18/h4-9,20,26,28H,1,10-13H2,2-3H3/q-1/t20?,22-/m0/s1. The van der Waals surface area contributed by atoms with Crippen LogP contribution < -0.4 is 10.1 Å². The molecule has 1 fully saturated rings. The van der Waals surface area contributed by atoms with E-state index in [1.54, 1.807) is 38.3 Å². The number of halogens is 3. The molecule has 0 aromatic heterocycles. The number of benzene rings is 1. The fraction of sp³-hybridized carbons (Fsp3) is 0.364. The van der Waals surface area contributed by atoms with Crippen molar-refractivity contribution in [2.24, 2.45) is 0 Å². The molecule has 2 N–H and O–H groups in total. The number of ether oxygens (including phenoxy) is 1. The van der Waals surface area contributed by atoms with E-state index in [1.807, 2.05) is 6.08 Å². The van der Waals surface area contributed by atoms with E-state index in [0.29, 0.717) is 16.7 Å². The van der Waals surface area contributed by atoms with Crippen molar-refractivity contribution in [3.05, 3.63) is 71.5 Å². The first-order valence-corrected chi connectivity index (χ1v) is 13.1. The first-order chi connectivity index (χ1) is 13.8. The van der Waals surface area contributed by atoms with Crippen LogP contribution in [0.15, 0.2) is 54.2 Å². The summed E-state index contributed by atoms with van der Waals surface area (Å²) in [7, 11) is 1.65. The summed E-state index contributed by atoms with van der Waals surface area (Å²) in [6, 6.07) is 4.45.